The number of nitrogens with zero attached hydrogens (tertiary/aromatic N) is 3. The van der Waals surface area contributed by atoms with E-state index in [4.69, 9.17) is 4.74 Å². The third-order valence-electron chi connectivity index (χ3n) is 9.13. The van der Waals surface area contributed by atoms with Crippen LogP contribution in [0, 0.1) is 11.3 Å². The number of ketones is 1. The van der Waals surface area contributed by atoms with Gasteiger partial charge in [0.2, 0.25) is 0 Å². The number of carbonyl (C=O) groups excluding carboxylic acids is 1. The Morgan fingerprint density at radius 1 is 1.05 bits per heavy atom. The Morgan fingerprint density at radius 2 is 1.84 bits per heavy atom. The third kappa shape index (κ3) is 4.02. The van der Waals surface area contributed by atoms with Gasteiger partial charge in [-0.05, 0) is 71.4 Å². The Balaban J connectivity index is 1.38. The van der Waals surface area contributed by atoms with Crippen LogP contribution in [0.1, 0.15) is 78.2 Å². The molecule has 2 saturated heterocycles. The lowest BCUT2D eigenvalue weighted by Gasteiger charge is -2.44. The molecule has 192 valence electrons. The van der Waals surface area contributed by atoms with Gasteiger partial charge < -0.3 is 9.64 Å². The smallest absolute Gasteiger partial charge is 0.193 e. The fraction of sp³-hybridized carbons (Fsp3) is 0.500. The number of rotatable bonds is 6. The Kier molecular flexibility index (Phi) is 6.21. The van der Waals surface area contributed by atoms with Gasteiger partial charge in [0, 0.05) is 48.4 Å². The van der Waals surface area contributed by atoms with Gasteiger partial charge in [-0.2, -0.15) is 5.26 Å². The minimum atomic E-state index is -0.244. The summed E-state index contributed by atoms with van der Waals surface area (Å²) < 4.78 is 5.43. The molecule has 5 heteroatoms. The lowest BCUT2D eigenvalue weighted by atomic mass is 9.68. The van der Waals surface area contributed by atoms with Crippen LogP contribution in [0.3, 0.4) is 0 Å². The molecule has 0 bridgehead atoms. The number of unbranched alkanes of at least 4 members (excludes halogenated alkanes) is 2. The van der Waals surface area contributed by atoms with Crippen molar-refractivity contribution in [3.05, 3.63) is 69.3 Å². The van der Waals surface area contributed by atoms with Crippen molar-refractivity contribution in [3.8, 4) is 6.07 Å². The van der Waals surface area contributed by atoms with Crippen LogP contribution in [-0.4, -0.2) is 56.1 Å². The van der Waals surface area contributed by atoms with Crippen molar-refractivity contribution in [2.24, 2.45) is 0 Å². The van der Waals surface area contributed by atoms with E-state index in [0.717, 1.165) is 86.5 Å². The predicted molar refractivity (Wildman–Crippen MR) is 147 cm³/mol. The second-order valence-corrected chi connectivity index (χ2v) is 11.7. The summed E-state index contributed by atoms with van der Waals surface area (Å²) in [5, 5.41) is 9.42. The first kappa shape index (κ1) is 24.4. The summed E-state index contributed by atoms with van der Waals surface area (Å²) in [7, 11) is 0. The Labute approximate surface area is 220 Å². The van der Waals surface area contributed by atoms with Crippen LogP contribution in [0.5, 0.6) is 0 Å². The van der Waals surface area contributed by atoms with Crippen molar-refractivity contribution < 1.29 is 9.53 Å². The Hall–Kier alpha value is -2.94. The summed E-state index contributed by atoms with van der Waals surface area (Å²) in [6.07, 6.45) is 5.29. The summed E-state index contributed by atoms with van der Waals surface area (Å²) in [4.78, 5) is 19.2. The molecule has 5 nitrogen and oxygen atoms in total. The number of hydrogen-bond acceptors (Lipinski definition) is 5. The second kappa shape index (κ2) is 9.42. The van der Waals surface area contributed by atoms with Crippen molar-refractivity contribution in [2.75, 3.05) is 44.3 Å². The summed E-state index contributed by atoms with van der Waals surface area (Å²) in [5.74, 6) is 0.158. The highest BCUT2D eigenvalue weighted by Crippen LogP contribution is 2.51. The largest absolute Gasteiger partial charge is 0.378 e. The number of allylic oxidation sites excluding steroid dienone is 2. The first-order chi connectivity index (χ1) is 17.9. The molecule has 2 aromatic rings. The quantitative estimate of drug-likeness (QED) is 0.510. The molecule has 0 spiro atoms. The fourth-order valence-electron chi connectivity index (χ4n) is 6.75. The van der Waals surface area contributed by atoms with Crippen molar-refractivity contribution >= 4 is 17.0 Å². The molecule has 0 aromatic heterocycles. The zero-order valence-electron chi connectivity index (χ0n) is 22.4. The molecule has 4 aliphatic rings. The number of piperazine rings is 1. The van der Waals surface area contributed by atoms with Crippen LogP contribution in [0.2, 0.25) is 0 Å². The maximum absolute atomic E-state index is 14.1. The molecular weight excluding hydrogens is 458 g/mol. The van der Waals surface area contributed by atoms with Gasteiger partial charge in [-0.1, -0.05) is 39.7 Å². The van der Waals surface area contributed by atoms with Gasteiger partial charge in [0.1, 0.15) is 0 Å². The zero-order chi connectivity index (χ0) is 25.7. The number of anilines is 1. The topological polar surface area (TPSA) is 56.6 Å². The van der Waals surface area contributed by atoms with E-state index in [-0.39, 0.29) is 11.2 Å². The first-order valence-corrected chi connectivity index (χ1v) is 14.0. The SMILES string of the molecule is CCCCCc1cc2c(cc1N1CCN(C3COC3)CC1)C(C)(C)C1=C(C2=O)c2ccc(C#N)cc2C1. The summed E-state index contributed by atoms with van der Waals surface area (Å²) in [5.41, 5.74) is 9.31. The maximum Gasteiger partial charge on any atom is 0.193 e. The maximum atomic E-state index is 14.1. The van der Waals surface area contributed by atoms with Gasteiger partial charge in [-0.25, -0.2) is 0 Å². The van der Waals surface area contributed by atoms with E-state index in [0.29, 0.717) is 11.6 Å². The van der Waals surface area contributed by atoms with E-state index in [1.807, 2.05) is 18.2 Å². The lowest BCUT2D eigenvalue weighted by Crippen LogP contribution is -2.56. The molecule has 0 unspecified atom stereocenters. The van der Waals surface area contributed by atoms with Crippen molar-refractivity contribution in [1.29, 1.82) is 5.26 Å². The molecule has 2 heterocycles. The molecular formula is C32H37N3O2. The minimum absolute atomic E-state index is 0.158. The summed E-state index contributed by atoms with van der Waals surface area (Å²) in [6, 6.07) is 13.2. The number of benzene rings is 2. The highest BCUT2D eigenvalue weighted by molar-refractivity contribution is 6.33. The number of ether oxygens (including phenoxy) is 1. The van der Waals surface area contributed by atoms with E-state index < -0.39 is 0 Å². The van der Waals surface area contributed by atoms with E-state index in [9.17, 15) is 10.1 Å². The fourth-order valence-corrected chi connectivity index (χ4v) is 6.75. The molecule has 0 atom stereocenters. The highest BCUT2D eigenvalue weighted by atomic mass is 16.5. The van der Waals surface area contributed by atoms with Crippen molar-refractivity contribution in [1.82, 2.24) is 4.90 Å². The van der Waals surface area contributed by atoms with Crippen molar-refractivity contribution in [2.45, 2.75) is 64.3 Å². The van der Waals surface area contributed by atoms with E-state index >= 15 is 0 Å². The summed E-state index contributed by atoms with van der Waals surface area (Å²) in [6.45, 7) is 12.7. The Morgan fingerprint density at radius 3 is 2.51 bits per heavy atom. The third-order valence-corrected chi connectivity index (χ3v) is 9.13. The molecule has 2 aliphatic heterocycles. The number of fused-ring (bicyclic) bond motifs is 3. The molecule has 2 aliphatic carbocycles. The van der Waals surface area contributed by atoms with E-state index in [2.05, 4.69) is 48.8 Å². The zero-order valence-corrected chi connectivity index (χ0v) is 22.4. The van der Waals surface area contributed by atoms with Gasteiger partial charge in [0.25, 0.3) is 0 Å². The average molecular weight is 496 g/mol. The summed E-state index contributed by atoms with van der Waals surface area (Å²) >= 11 is 0. The predicted octanol–water partition coefficient (Wildman–Crippen LogP) is 5.30. The van der Waals surface area contributed by atoms with Crippen LogP contribution in [0.25, 0.3) is 5.57 Å². The lowest BCUT2D eigenvalue weighted by molar-refractivity contribution is -0.0660. The van der Waals surface area contributed by atoms with Gasteiger partial charge in [0.05, 0.1) is 30.9 Å². The Bertz CT molecular complexity index is 1320. The second-order valence-electron chi connectivity index (χ2n) is 11.7. The standard InChI is InChI=1S/C32H37N3O2/c1-4-5-6-7-22-15-26-27(17-29(22)35-12-10-34(11-13-35)24-19-37-20-24)32(2,3)28-16-23-14-21(18-33)8-9-25(23)30(28)31(26)36/h8-9,14-15,17,24H,4-7,10-13,16,19-20H2,1-3H3. The molecule has 0 N–H and O–H groups in total. The molecule has 2 fully saturated rings. The molecule has 2 aromatic carbocycles. The van der Waals surface area contributed by atoms with E-state index in [1.165, 1.54) is 29.7 Å². The number of nitriles is 1. The average Bonchev–Trinajstić information content (AvgIpc) is 3.27. The molecule has 0 saturated carbocycles. The van der Waals surface area contributed by atoms with Crippen LogP contribution in [0.15, 0.2) is 35.9 Å². The molecule has 0 radical (unpaired) electrons. The normalized spacial score (nSPS) is 20.8. The van der Waals surface area contributed by atoms with Gasteiger partial charge in [0.15, 0.2) is 5.78 Å². The van der Waals surface area contributed by atoms with Gasteiger partial charge in [-0.3, -0.25) is 9.69 Å². The molecule has 6 rings (SSSR count). The number of Topliss-reactive ketones (excluding diaryl/α,β-unsaturated/α-hetero) is 1. The number of carbonyl (C=O) groups is 1. The molecule has 0 amide bonds. The van der Waals surface area contributed by atoms with Gasteiger partial charge >= 0.3 is 0 Å². The number of aryl methyl sites for hydroxylation is 1. The minimum Gasteiger partial charge on any atom is -0.378 e. The van der Waals surface area contributed by atoms with Gasteiger partial charge in [-0.15, -0.1) is 0 Å². The molecule has 37 heavy (non-hydrogen) atoms. The van der Waals surface area contributed by atoms with Crippen LogP contribution < -0.4 is 4.90 Å². The first-order valence-electron chi connectivity index (χ1n) is 14.0. The highest BCUT2D eigenvalue weighted by Gasteiger charge is 2.43. The van der Waals surface area contributed by atoms with Crippen molar-refractivity contribution in [3.63, 3.8) is 0 Å². The number of hydrogen-bond donors (Lipinski definition) is 0. The van der Waals surface area contributed by atoms with E-state index in [1.54, 1.807) is 0 Å². The monoisotopic (exact) mass is 495 g/mol. The van der Waals surface area contributed by atoms with Crippen LogP contribution >= 0.6 is 0 Å². The van der Waals surface area contributed by atoms with Crippen LogP contribution in [-0.2, 0) is 23.0 Å². The van der Waals surface area contributed by atoms with Crippen LogP contribution in [0.4, 0.5) is 5.69 Å².